The van der Waals surface area contributed by atoms with Crippen LogP contribution in [-0.2, 0) is 0 Å². The number of hydrogen-bond acceptors (Lipinski definition) is 4. The van der Waals surface area contributed by atoms with Crippen LogP contribution in [0.15, 0.2) is 36.8 Å². The van der Waals surface area contributed by atoms with Gasteiger partial charge in [-0.15, -0.1) is 0 Å². The van der Waals surface area contributed by atoms with Gasteiger partial charge in [0.15, 0.2) is 5.82 Å². The molecule has 0 N–H and O–H groups in total. The lowest BCUT2D eigenvalue weighted by Crippen LogP contribution is -2.31. The molecule has 1 aliphatic heterocycles. The average Bonchev–Trinajstić information content (AvgIpc) is 2.97. The second kappa shape index (κ2) is 5.36. The van der Waals surface area contributed by atoms with Gasteiger partial charge in [0.1, 0.15) is 0 Å². The van der Waals surface area contributed by atoms with Crippen LogP contribution in [0.3, 0.4) is 0 Å². The average molecular weight is 268 g/mol. The van der Waals surface area contributed by atoms with Crippen molar-refractivity contribution in [1.82, 2.24) is 19.9 Å². The third kappa shape index (κ3) is 2.39. The van der Waals surface area contributed by atoms with Crippen molar-refractivity contribution in [3.8, 4) is 0 Å². The van der Waals surface area contributed by atoms with Crippen LogP contribution in [-0.4, -0.2) is 32.3 Å². The van der Waals surface area contributed by atoms with Crippen LogP contribution in [0.2, 0.25) is 0 Å². The van der Waals surface area contributed by atoms with Crippen LogP contribution in [0.4, 0.5) is 0 Å². The lowest BCUT2D eigenvalue weighted by atomic mass is 10.2. The molecule has 1 amide bonds. The van der Waals surface area contributed by atoms with Crippen molar-refractivity contribution in [2.75, 3.05) is 6.54 Å². The van der Waals surface area contributed by atoms with Crippen LogP contribution in [0.25, 0.3) is 0 Å². The first kappa shape index (κ1) is 12.7. The topological polar surface area (TPSA) is 59.0 Å². The van der Waals surface area contributed by atoms with Crippen LogP contribution in [0.1, 0.15) is 40.8 Å². The molecule has 0 radical (unpaired) electrons. The Morgan fingerprint density at radius 1 is 1.35 bits per heavy atom. The highest BCUT2D eigenvalue weighted by Gasteiger charge is 2.32. The van der Waals surface area contributed by atoms with Gasteiger partial charge in [0.05, 0.1) is 11.6 Å². The fraction of sp³-hybridized carbons (Fsp3) is 0.333. The van der Waals surface area contributed by atoms with E-state index in [-0.39, 0.29) is 11.9 Å². The normalized spacial score (nSPS) is 18.2. The van der Waals surface area contributed by atoms with Gasteiger partial charge in [0, 0.05) is 30.8 Å². The number of amides is 1. The molecule has 2 aromatic rings. The summed E-state index contributed by atoms with van der Waals surface area (Å²) in [6.07, 6.45) is 6.92. The van der Waals surface area contributed by atoms with Crippen molar-refractivity contribution < 1.29 is 4.79 Å². The van der Waals surface area contributed by atoms with Gasteiger partial charge in [-0.2, -0.15) is 0 Å². The Bertz CT molecular complexity index is 614. The molecule has 3 heterocycles. The highest BCUT2D eigenvalue weighted by atomic mass is 16.2. The number of aromatic nitrogens is 3. The Morgan fingerprint density at radius 2 is 2.25 bits per heavy atom. The summed E-state index contributed by atoms with van der Waals surface area (Å²) in [5.74, 6) is 0.741. The van der Waals surface area contributed by atoms with E-state index in [1.807, 2.05) is 17.9 Å². The summed E-state index contributed by atoms with van der Waals surface area (Å²) in [5, 5.41) is 0. The van der Waals surface area contributed by atoms with Gasteiger partial charge in [0.2, 0.25) is 0 Å². The first-order chi connectivity index (χ1) is 9.75. The Labute approximate surface area is 117 Å². The summed E-state index contributed by atoms with van der Waals surface area (Å²) >= 11 is 0. The van der Waals surface area contributed by atoms with E-state index in [2.05, 4.69) is 15.0 Å². The number of nitrogens with zero attached hydrogens (tertiary/aromatic N) is 4. The number of pyridine rings is 1. The van der Waals surface area contributed by atoms with Crippen molar-refractivity contribution in [2.45, 2.75) is 25.8 Å². The fourth-order valence-electron chi connectivity index (χ4n) is 2.56. The molecule has 20 heavy (non-hydrogen) atoms. The summed E-state index contributed by atoms with van der Waals surface area (Å²) in [4.78, 5) is 27.2. The second-order valence-electron chi connectivity index (χ2n) is 4.95. The van der Waals surface area contributed by atoms with Gasteiger partial charge in [-0.3, -0.25) is 9.78 Å². The van der Waals surface area contributed by atoms with E-state index in [0.29, 0.717) is 5.56 Å². The highest BCUT2D eigenvalue weighted by Crippen LogP contribution is 2.30. The largest absolute Gasteiger partial charge is 0.328 e. The van der Waals surface area contributed by atoms with Crippen molar-refractivity contribution in [3.05, 3.63) is 53.9 Å². The Kier molecular flexibility index (Phi) is 3.41. The Morgan fingerprint density at radius 3 is 3.00 bits per heavy atom. The zero-order valence-corrected chi connectivity index (χ0v) is 11.4. The van der Waals surface area contributed by atoms with E-state index in [4.69, 9.17) is 0 Å². The lowest BCUT2D eigenvalue weighted by molar-refractivity contribution is 0.0729. The number of likely N-dealkylation sites (tertiary alicyclic amines) is 1. The molecular weight excluding hydrogens is 252 g/mol. The minimum absolute atomic E-state index is 0.00528. The van der Waals surface area contributed by atoms with Crippen LogP contribution in [0.5, 0.6) is 0 Å². The molecule has 1 atom stereocenters. The smallest absolute Gasteiger partial charge is 0.256 e. The molecule has 0 aromatic carbocycles. The quantitative estimate of drug-likeness (QED) is 0.837. The summed E-state index contributed by atoms with van der Waals surface area (Å²) < 4.78 is 0. The van der Waals surface area contributed by atoms with Gasteiger partial charge in [-0.1, -0.05) is 0 Å². The number of rotatable bonds is 2. The monoisotopic (exact) mass is 268 g/mol. The third-order valence-electron chi connectivity index (χ3n) is 3.53. The molecule has 102 valence electrons. The van der Waals surface area contributed by atoms with E-state index in [1.165, 1.54) is 0 Å². The Balaban J connectivity index is 1.88. The van der Waals surface area contributed by atoms with Gasteiger partial charge in [0.25, 0.3) is 5.91 Å². The van der Waals surface area contributed by atoms with E-state index in [1.54, 1.807) is 30.7 Å². The maximum absolute atomic E-state index is 12.5. The van der Waals surface area contributed by atoms with Crippen molar-refractivity contribution in [2.24, 2.45) is 0 Å². The number of hydrogen-bond donors (Lipinski definition) is 0. The number of carbonyl (C=O) groups excluding carboxylic acids is 1. The molecule has 1 fully saturated rings. The van der Waals surface area contributed by atoms with Gasteiger partial charge in [-0.05, 0) is 38.0 Å². The molecule has 5 nitrogen and oxygen atoms in total. The maximum Gasteiger partial charge on any atom is 0.256 e. The minimum Gasteiger partial charge on any atom is -0.328 e. The van der Waals surface area contributed by atoms with Crippen molar-refractivity contribution in [3.63, 3.8) is 0 Å². The molecule has 1 aliphatic rings. The van der Waals surface area contributed by atoms with Crippen LogP contribution < -0.4 is 0 Å². The zero-order chi connectivity index (χ0) is 13.9. The van der Waals surface area contributed by atoms with Gasteiger partial charge >= 0.3 is 0 Å². The molecule has 2 aromatic heterocycles. The molecule has 0 saturated carbocycles. The molecule has 1 saturated heterocycles. The second-order valence-corrected chi connectivity index (χ2v) is 4.95. The Hall–Kier alpha value is -2.30. The van der Waals surface area contributed by atoms with Crippen LogP contribution >= 0.6 is 0 Å². The highest BCUT2D eigenvalue weighted by molar-refractivity contribution is 5.94. The third-order valence-corrected chi connectivity index (χ3v) is 3.53. The van der Waals surface area contributed by atoms with Crippen LogP contribution in [0, 0.1) is 6.92 Å². The lowest BCUT2D eigenvalue weighted by Gasteiger charge is -2.23. The number of aryl methyl sites for hydroxylation is 1. The van der Waals surface area contributed by atoms with Gasteiger partial charge in [-0.25, -0.2) is 9.97 Å². The molecule has 0 unspecified atom stereocenters. The van der Waals surface area contributed by atoms with Gasteiger partial charge < -0.3 is 4.90 Å². The molecule has 5 heteroatoms. The predicted octanol–water partition coefficient (Wildman–Crippen LogP) is 2.16. The van der Waals surface area contributed by atoms with Crippen molar-refractivity contribution >= 4 is 5.91 Å². The first-order valence-electron chi connectivity index (χ1n) is 6.76. The summed E-state index contributed by atoms with van der Waals surface area (Å²) in [6.45, 7) is 2.68. The standard InChI is InChI=1S/C15H16N4O/c1-11-6-8-17-14(18-11)13-5-3-9-19(13)15(20)12-4-2-7-16-10-12/h2,4,6-8,10,13H,3,5,9H2,1H3/t13-/m0/s1. The summed E-state index contributed by atoms with van der Waals surface area (Å²) in [6, 6.07) is 5.41. The predicted molar refractivity (Wildman–Crippen MR) is 74.0 cm³/mol. The summed E-state index contributed by atoms with van der Waals surface area (Å²) in [7, 11) is 0. The molecule has 0 aliphatic carbocycles. The van der Waals surface area contributed by atoms with E-state index in [0.717, 1.165) is 30.9 Å². The minimum atomic E-state index is -0.0254. The maximum atomic E-state index is 12.5. The number of carbonyl (C=O) groups is 1. The first-order valence-corrected chi connectivity index (χ1v) is 6.76. The van der Waals surface area contributed by atoms with E-state index >= 15 is 0 Å². The van der Waals surface area contributed by atoms with Crippen molar-refractivity contribution in [1.29, 1.82) is 0 Å². The fourth-order valence-corrected chi connectivity index (χ4v) is 2.56. The zero-order valence-electron chi connectivity index (χ0n) is 11.4. The molecule has 0 spiro atoms. The molecule has 0 bridgehead atoms. The molecule has 3 rings (SSSR count). The van der Waals surface area contributed by atoms with E-state index in [9.17, 15) is 4.79 Å². The summed E-state index contributed by atoms with van der Waals surface area (Å²) in [5.41, 5.74) is 1.54. The SMILES string of the molecule is Cc1ccnc([C@@H]2CCCN2C(=O)c2cccnc2)n1. The van der Waals surface area contributed by atoms with E-state index < -0.39 is 0 Å². The molecular formula is C15H16N4O.